The molecular formula is C48H72O6. The fourth-order valence-electron chi connectivity index (χ4n) is 4.81. The van der Waals surface area contributed by atoms with Crippen LogP contribution in [-0.4, -0.2) is 37.2 Å². The van der Waals surface area contributed by atoms with Gasteiger partial charge in [0.15, 0.2) is 6.10 Å². The SMILES string of the molecule is CC/C=C\C/C=C\C/C=C\CC(=O)OCC(COC(=O)CCCCCCC\C=C/C=C\C=C/C=C\CCCCC)OC(=O)C/C=C\C/C=C\C/C=C\CC. The summed E-state index contributed by atoms with van der Waals surface area (Å²) in [5.41, 5.74) is 0. The van der Waals surface area contributed by atoms with Crippen molar-refractivity contribution in [3.05, 3.63) is 122 Å². The molecule has 0 aromatic rings. The van der Waals surface area contributed by atoms with E-state index in [1.807, 2.05) is 24.3 Å². The molecule has 6 nitrogen and oxygen atoms in total. The van der Waals surface area contributed by atoms with E-state index in [0.29, 0.717) is 6.42 Å². The first-order valence-electron chi connectivity index (χ1n) is 20.6. The molecule has 6 heteroatoms. The lowest BCUT2D eigenvalue weighted by Gasteiger charge is -2.17. The number of carbonyl (C=O) groups is 3. The highest BCUT2D eigenvalue weighted by molar-refractivity contribution is 5.72. The number of unbranched alkanes of at least 4 members (excludes halogenated alkanes) is 8. The van der Waals surface area contributed by atoms with Crippen LogP contribution >= 0.6 is 0 Å². The van der Waals surface area contributed by atoms with Gasteiger partial charge in [-0.1, -0.05) is 174 Å². The molecule has 300 valence electrons. The Morgan fingerprint density at radius 2 is 0.852 bits per heavy atom. The lowest BCUT2D eigenvalue weighted by atomic mass is 10.1. The van der Waals surface area contributed by atoms with Crippen molar-refractivity contribution in [3.8, 4) is 0 Å². The fraction of sp³-hybridized carbons (Fsp3) is 0.521. The van der Waals surface area contributed by atoms with Gasteiger partial charge in [-0.05, 0) is 70.6 Å². The van der Waals surface area contributed by atoms with Gasteiger partial charge < -0.3 is 14.2 Å². The Bertz CT molecular complexity index is 1220. The zero-order valence-electron chi connectivity index (χ0n) is 33.9. The molecule has 0 heterocycles. The smallest absolute Gasteiger partial charge is 0.310 e. The molecular weight excluding hydrogens is 673 g/mol. The van der Waals surface area contributed by atoms with Gasteiger partial charge in [-0.15, -0.1) is 0 Å². The second kappa shape index (κ2) is 41.6. The van der Waals surface area contributed by atoms with Gasteiger partial charge in [0, 0.05) is 6.42 Å². The van der Waals surface area contributed by atoms with Gasteiger partial charge in [0.1, 0.15) is 13.2 Å². The standard InChI is InChI=1S/C48H72O6/c1-4-7-10-13-16-19-20-21-22-23-24-25-26-27-30-32-35-38-41-47(50)53-44-45(54-48(51)42-39-36-33-29-18-15-12-9-6-3)43-52-46(49)40-37-34-31-28-17-14-11-8-5-2/h8-9,11-12,16-25,28-29,34,36-37,39,45H,4-7,10,13-15,26-27,30-33,35,38,40-44H2,1-3H3/b11-8-,12-9-,19-16-,21-20-,23-22-,25-24-,28-17-,29-18-,37-34-,39-36-. The zero-order valence-corrected chi connectivity index (χ0v) is 33.9. The summed E-state index contributed by atoms with van der Waals surface area (Å²) in [6.45, 7) is 6.09. The van der Waals surface area contributed by atoms with E-state index in [9.17, 15) is 14.4 Å². The Kier molecular flexibility index (Phi) is 38.3. The molecule has 0 N–H and O–H groups in total. The number of rotatable bonds is 34. The molecule has 0 saturated carbocycles. The van der Waals surface area contributed by atoms with Crippen molar-refractivity contribution in [3.63, 3.8) is 0 Å². The van der Waals surface area contributed by atoms with E-state index in [-0.39, 0.29) is 32.0 Å². The van der Waals surface area contributed by atoms with Gasteiger partial charge in [0.2, 0.25) is 0 Å². The Labute approximate surface area is 329 Å². The highest BCUT2D eigenvalue weighted by Crippen LogP contribution is 2.10. The van der Waals surface area contributed by atoms with E-state index >= 15 is 0 Å². The summed E-state index contributed by atoms with van der Waals surface area (Å²) in [4.78, 5) is 37.4. The van der Waals surface area contributed by atoms with Crippen LogP contribution in [0.5, 0.6) is 0 Å². The topological polar surface area (TPSA) is 78.9 Å². The second-order valence-corrected chi connectivity index (χ2v) is 12.9. The van der Waals surface area contributed by atoms with Gasteiger partial charge in [0.05, 0.1) is 12.8 Å². The van der Waals surface area contributed by atoms with Crippen LogP contribution in [-0.2, 0) is 28.6 Å². The normalized spacial score (nSPS) is 13.3. The minimum absolute atomic E-state index is 0.0768. The van der Waals surface area contributed by atoms with Crippen molar-refractivity contribution in [2.24, 2.45) is 0 Å². The second-order valence-electron chi connectivity index (χ2n) is 12.9. The molecule has 0 rings (SSSR count). The fourth-order valence-corrected chi connectivity index (χ4v) is 4.81. The number of esters is 3. The summed E-state index contributed by atoms with van der Waals surface area (Å²) in [6.07, 6.45) is 56.8. The predicted octanol–water partition coefficient (Wildman–Crippen LogP) is 13.0. The minimum atomic E-state index is -0.872. The summed E-state index contributed by atoms with van der Waals surface area (Å²) in [5.74, 6) is -1.25. The van der Waals surface area contributed by atoms with E-state index in [4.69, 9.17) is 14.2 Å². The molecule has 0 aromatic heterocycles. The average molecular weight is 745 g/mol. The highest BCUT2D eigenvalue weighted by Gasteiger charge is 2.19. The van der Waals surface area contributed by atoms with E-state index in [1.54, 1.807) is 12.2 Å². The largest absolute Gasteiger partial charge is 0.462 e. The van der Waals surface area contributed by atoms with Gasteiger partial charge in [0.25, 0.3) is 0 Å². The van der Waals surface area contributed by atoms with E-state index in [2.05, 4.69) is 106 Å². The first kappa shape index (κ1) is 49.8. The summed E-state index contributed by atoms with van der Waals surface area (Å²) in [6, 6.07) is 0. The zero-order chi connectivity index (χ0) is 39.4. The Hall–Kier alpha value is -4.19. The Balaban J connectivity index is 4.53. The van der Waals surface area contributed by atoms with Crippen molar-refractivity contribution in [2.75, 3.05) is 13.2 Å². The van der Waals surface area contributed by atoms with Crippen LogP contribution in [0.1, 0.15) is 143 Å². The van der Waals surface area contributed by atoms with Crippen LogP contribution in [0.4, 0.5) is 0 Å². The molecule has 0 aliphatic rings. The maximum absolute atomic E-state index is 12.5. The number of hydrogen-bond acceptors (Lipinski definition) is 6. The number of carbonyl (C=O) groups excluding carboxylic acids is 3. The molecule has 0 bridgehead atoms. The summed E-state index contributed by atoms with van der Waals surface area (Å²) >= 11 is 0. The molecule has 1 unspecified atom stereocenters. The maximum atomic E-state index is 12.5. The summed E-state index contributed by atoms with van der Waals surface area (Å²) in [5, 5.41) is 0. The molecule has 0 aliphatic carbocycles. The van der Waals surface area contributed by atoms with Crippen LogP contribution < -0.4 is 0 Å². The molecule has 1 atom stereocenters. The molecule has 0 aliphatic heterocycles. The molecule has 0 radical (unpaired) electrons. The quantitative estimate of drug-likeness (QED) is 0.0215. The molecule has 54 heavy (non-hydrogen) atoms. The third-order valence-corrected chi connectivity index (χ3v) is 7.84. The monoisotopic (exact) mass is 745 g/mol. The third-order valence-electron chi connectivity index (χ3n) is 7.84. The Morgan fingerprint density at radius 1 is 0.426 bits per heavy atom. The van der Waals surface area contributed by atoms with Crippen molar-refractivity contribution in [1.82, 2.24) is 0 Å². The summed E-state index contributed by atoms with van der Waals surface area (Å²) in [7, 11) is 0. The lowest BCUT2D eigenvalue weighted by molar-refractivity contribution is -0.166. The summed E-state index contributed by atoms with van der Waals surface area (Å²) < 4.78 is 16.4. The number of hydrogen-bond donors (Lipinski definition) is 0. The van der Waals surface area contributed by atoms with E-state index < -0.39 is 18.0 Å². The van der Waals surface area contributed by atoms with E-state index in [0.717, 1.165) is 83.5 Å². The van der Waals surface area contributed by atoms with Crippen molar-refractivity contribution >= 4 is 17.9 Å². The van der Waals surface area contributed by atoms with Crippen LogP contribution in [0.3, 0.4) is 0 Å². The molecule has 0 saturated heterocycles. The average Bonchev–Trinajstić information content (AvgIpc) is 3.17. The number of allylic oxidation sites excluding steroid dienone is 18. The van der Waals surface area contributed by atoms with Gasteiger partial charge in [-0.3, -0.25) is 14.4 Å². The van der Waals surface area contributed by atoms with Crippen LogP contribution in [0.15, 0.2) is 122 Å². The van der Waals surface area contributed by atoms with Crippen LogP contribution in [0.25, 0.3) is 0 Å². The van der Waals surface area contributed by atoms with Crippen LogP contribution in [0, 0.1) is 0 Å². The highest BCUT2D eigenvalue weighted by atomic mass is 16.6. The first-order valence-corrected chi connectivity index (χ1v) is 20.6. The Morgan fingerprint density at radius 3 is 1.39 bits per heavy atom. The van der Waals surface area contributed by atoms with Crippen LogP contribution in [0.2, 0.25) is 0 Å². The van der Waals surface area contributed by atoms with Gasteiger partial charge in [-0.2, -0.15) is 0 Å². The van der Waals surface area contributed by atoms with Gasteiger partial charge in [-0.25, -0.2) is 0 Å². The predicted molar refractivity (Wildman–Crippen MR) is 228 cm³/mol. The molecule has 0 amide bonds. The maximum Gasteiger partial charge on any atom is 0.310 e. The van der Waals surface area contributed by atoms with E-state index in [1.165, 1.54) is 19.3 Å². The van der Waals surface area contributed by atoms with Crippen molar-refractivity contribution in [1.29, 1.82) is 0 Å². The van der Waals surface area contributed by atoms with Crippen molar-refractivity contribution < 1.29 is 28.6 Å². The molecule has 0 aromatic carbocycles. The lowest BCUT2D eigenvalue weighted by Crippen LogP contribution is -2.30. The molecule has 0 spiro atoms. The minimum Gasteiger partial charge on any atom is -0.462 e. The van der Waals surface area contributed by atoms with Gasteiger partial charge >= 0.3 is 17.9 Å². The molecule has 0 fully saturated rings. The van der Waals surface area contributed by atoms with Crippen molar-refractivity contribution in [2.45, 2.75) is 149 Å². The number of ether oxygens (including phenoxy) is 3. The first-order chi connectivity index (χ1) is 26.5. The third kappa shape index (κ3) is 39.0.